The molecular weight excluding hydrogens is 325 g/mol. The fourth-order valence-corrected chi connectivity index (χ4v) is 1.99. The molecule has 1 amide bonds. The first-order chi connectivity index (χ1) is 11.4. The van der Waals surface area contributed by atoms with Crippen LogP contribution < -0.4 is 10.6 Å². The van der Waals surface area contributed by atoms with E-state index >= 15 is 0 Å². The van der Waals surface area contributed by atoms with Gasteiger partial charge in [0.2, 0.25) is 0 Å². The Morgan fingerprint density at radius 1 is 1.21 bits per heavy atom. The maximum Gasteiger partial charge on any atom is 0.405 e. The summed E-state index contributed by atoms with van der Waals surface area (Å²) in [4.78, 5) is 28.0. The molecule has 126 valence electrons. The number of nitrogens with one attached hydrogen (secondary N) is 2. The number of amides is 1. The third kappa shape index (κ3) is 4.15. The number of carbonyl (C=O) groups excluding carboxylic acids is 1. The highest BCUT2D eigenvalue weighted by Gasteiger charge is 2.30. The summed E-state index contributed by atoms with van der Waals surface area (Å²) in [6.07, 6.45) is 3.09. The van der Waals surface area contributed by atoms with Gasteiger partial charge in [-0.1, -0.05) is 0 Å². The number of anilines is 2. The smallest absolute Gasteiger partial charge is 0.341 e. The van der Waals surface area contributed by atoms with Crippen LogP contribution in [0, 0.1) is 0 Å². The maximum absolute atomic E-state index is 12.3. The van der Waals surface area contributed by atoms with Crippen molar-refractivity contribution in [3.63, 3.8) is 0 Å². The Morgan fingerprint density at radius 2 is 1.92 bits per heavy atom. The largest absolute Gasteiger partial charge is 0.405 e. The summed E-state index contributed by atoms with van der Waals surface area (Å²) in [7, 11) is 0. The molecule has 2 N–H and O–H groups in total. The molecule has 0 saturated heterocycles. The summed E-state index contributed by atoms with van der Waals surface area (Å²) in [6, 6.07) is 0. The Bertz CT molecular complexity index is 733. The Kier molecular flexibility index (Phi) is 4.28. The summed E-state index contributed by atoms with van der Waals surface area (Å²) in [5.41, 5.74) is 0.852. The first-order valence-electron chi connectivity index (χ1n) is 7.16. The summed E-state index contributed by atoms with van der Waals surface area (Å²) in [5.74, 6) is -0.684. The van der Waals surface area contributed by atoms with Crippen molar-refractivity contribution in [3.05, 3.63) is 36.3 Å². The topological polar surface area (TPSA) is 92.7 Å². The van der Waals surface area contributed by atoms with E-state index in [1.54, 1.807) is 0 Å². The highest BCUT2D eigenvalue weighted by Crippen LogP contribution is 2.39. The number of halogens is 3. The van der Waals surface area contributed by atoms with Gasteiger partial charge >= 0.3 is 6.18 Å². The van der Waals surface area contributed by atoms with Crippen LogP contribution in [0.1, 0.15) is 34.9 Å². The number of aromatic nitrogens is 4. The van der Waals surface area contributed by atoms with Gasteiger partial charge in [-0.25, -0.2) is 19.9 Å². The first-order valence-corrected chi connectivity index (χ1v) is 7.16. The second-order valence-electron chi connectivity index (χ2n) is 5.32. The lowest BCUT2D eigenvalue weighted by Gasteiger charge is -2.12. The zero-order chi connectivity index (χ0) is 17.2. The lowest BCUT2D eigenvalue weighted by Crippen LogP contribution is -2.34. The molecule has 10 heteroatoms. The molecule has 0 radical (unpaired) electrons. The van der Waals surface area contributed by atoms with Gasteiger partial charge in [0, 0.05) is 5.92 Å². The molecular formula is C14H13F3N6O. The van der Waals surface area contributed by atoms with Gasteiger partial charge in [-0.2, -0.15) is 13.2 Å². The van der Waals surface area contributed by atoms with Crippen molar-refractivity contribution in [1.82, 2.24) is 25.3 Å². The maximum atomic E-state index is 12.3. The fourth-order valence-electron chi connectivity index (χ4n) is 1.99. The summed E-state index contributed by atoms with van der Waals surface area (Å²) in [5, 5.41) is 4.61. The predicted molar refractivity (Wildman–Crippen MR) is 77.7 cm³/mol. The van der Waals surface area contributed by atoms with Gasteiger partial charge in [-0.3, -0.25) is 4.79 Å². The third-order valence-corrected chi connectivity index (χ3v) is 3.27. The SMILES string of the molecule is O=C(NCC(F)(F)F)c1nc(C2CC2)cnc1Nc1cncnc1. The van der Waals surface area contributed by atoms with Crippen molar-refractivity contribution in [2.24, 2.45) is 0 Å². The minimum absolute atomic E-state index is 0.0499. The van der Waals surface area contributed by atoms with Crippen molar-refractivity contribution in [3.8, 4) is 0 Å². The number of nitrogens with zero attached hydrogens (tertiary/aromatic N) is 4. The molecule has 0 aliphatic heterocycles. The van der Waals surface area contributed by atoms with Gasteiger partial charge in [0.1, 0.15) is 12.9 Å². The molecule has 2 aromatic heterocycles. The van der Waals surface area contributed by atoms with E-state index in [1.807, 2.05) is 5.32 Å². The molecule has 1 aliphatic carbocycles. The van der Waals surface area contributed by atoms with Gasteiger partial charge in [-0.15, -0.1) is 0 Å². The Labute approximate surface area is 134 Å². The van der Waals surface area contributed by atoms with Crippen molar-refractivity contribution >= 4 is 17.4 Å². The van der Waals surface area contributed by atoms with Gasteiger partial charge in [0.05, 0.1) is 30.0 Å². The zero-order valence-corrected chi connectivity index (χ0v) is 12.3. The Balaban J connectivity index is 1.85. The highest BCUT2D eigenvalue weighted by molar-refractivity contribution is 5.97. The van der Waals surface area contributed by atoms with Crippen LogP contribution in [0.4, 0.5) is 24.7 Å². The van der Waals surface area contributed by atoms with Crippen molar-refractivity contribution in [2.75, 3.05) is 11.9 Å². The molecule has 2 heterocycles. The van der Waals surface area contributed by atoms with E-state index in [-0.39, 0.29) is 17.4 Å². The Morgan fingerprint density at radius 3 is 2.54 bits per heavy atom. The summed E-state index contributed by atoms with van der Waals surface area (Å²) in [6.45, 7) is -1.44. The molecule has 3 rings (SSSR count). The Hall–Kier alpha value is -2.78. The van der Waals surface area contributed by atoms with Gasteiger partial charge in [0.15, 0.2) is 11.5 Å². The minimum atomic E-state index is -4.50. The second-order valence-corrected chi connectivity index (χ2v) is 5.32. The van der Waals surface area contributed by atoms with Crippen LogP contribution in [0.5, 0.6) is 0 Å². The van der Waals surface area contributed by atoms with E-state index in [1.165, 1.54) is 24.9 Å². The van der Waals surface area contributed by atoms with Gasteiger partial charge in [0.25, 0.3) is 5.91 Å². The van der Waals surface area contributed by atoms with E-state index in [9.17, 15) is 18.0 Å². The molecule has 0 unspecified atom stereocenters. The van der Waals surface area contributed by atoms with Crippen molar-refractivity contribution < 1.29 is 18.0 Å². The average Bonchev–Trinajstić information content (AvgIpc) is 3.38. The van der Waals surface area contributed by atoms with Gasteiger partial charge < -0.3 is 10.6 Å². The molecule has 0 bridgehead atoms. The number of hydrogen-bond donors (Lipinski definition) is 2. The molecule has 24 heavy (non-hydrogen) atoms. The second kappa shape index (κ2) is 6.38. The van der Waals surface area contributed by atoms with E-state index in [2.05, 4.69) is 25.3 Å². The quantitative estimate of drug-likeness (QED) is 0.868. The first kappa shape index (κ1) is 16.1. The minimum Gasteiger partial charge on any atom is -0.341 e. The van der Waals surface area contributed by atoms with Crippen LogP contribution in [0.15, 0.2) is 24.9 Å². The normalized spacial score (nSPS) is 14.3. The number of alkyl halides is 3. The molecule has 1 saturated carbocycles. The third-order valence-electron chi connectivity index (χ3n) is 3.27. The van der Waals surface area contributed by atoms with Crippen LogP contribution in [0.25, 0.3) is 0 Å². The number of rotatable bonds is 5. The molecule has 2 aromatic rings. The number of carbonyl (C=O) groups is 1. The van der Waals surface area contributed by atoms with E-state index in [4.69, 9.17) is 0 Å². The molecule has 0 spiro atoms. The van der Waals surface area contributed by atoms with E-state index in [0.29, 0.717) is 11.4 Å². The number of hydrogen-bond acceptors (Lipinski definition) is 6. The lowest BCUT2D eigenvalue weighted by atomic mass is 10.2. The molecule has 7 nitrogen and oxygen atoms in total. The monoisotopic (exact) mass is 338 g/mol. The van der Waals surface area contributed by atoms with Crippen LogP contribution >= 0.6 is 0 Å². The zero-order valence-electron chi connectivity index (χ0n) is 12.3. The van der Waals surface area contributed by atoms with Gasteiger partial charge in [-0.05, 0) is 12.8 Å². The average molecular weight is 338 g/mol. The highest BCUT2D eigenvalue weighted by atomic mass is 19.4. The van der Waals surface area contributed by atoms with Crippen LogP contribution in [-0.4, -0.2) is 38.6 Å². The standard InChI is InChI=1S/C14H13F3N6O/c15-14(16,17)6-21-13(24)11-12(22-9-3-18-7-19-4-9)20-5-10(23-11)8-1-2-8/h3-5,7-8H,1-2,6H2,(H,20,22)(H,21,24). The molecule has 1 fully saturated rings. The van der Waals surface area contributed by atoms with Crippen molar-refractivity contribution in [2.45, 2.75) is 24.9 Å². The van der Waals surface area contributed by atoms with Crippen molar-refractivity contribution in [1.29, 1.82) is 0 Å². The molecule has 0 atom stereocenters. The molecule has 1 aliphatic rings. The summed E-state index contributed by atoms with van der Waals surface area (Å²) < 4.78 is 36.9. The predicted octanol–water partition coefficient (Wildman–Crippen LogP) is 2.18. The molecule has 0 aromatic carbocycles. The lowest BCUT2D eigenvalue weighted by molar-refractivity contribution is -0.123. The fraction of sp³-hybridized carbons (Fsp3) is 0.357. The summed E-state index contributed by atoms with van der Waals surface area (Å²) >= 11 is 0. The van der Waals surface area contributed by atoms with Crippen LogP contribution in [-0.2, 0) is 0 Å². The van der Waals surface area contributed by atoms with E-state index in [0.717, 1.165) is 12.8 Å². The van der Waals surface area contributed by atoms with E-state index < -0.39 is 18.6 Å². The van der Waals surface area contributed by atoms with Crippen LogP contribution in [0.3, 0.4) is 0 Å². The van der Waals surface area contributed by atoms with Crippen LogP contribution in [0.2, 0.25) is 0 Å².